The van der Waals surface area contributed by atoms with Gasteiger partial charge < -0.3 is 23.5 Å². The molecule has 1 fully saturated rings. The summed E-state index contributed by atoms with van der Waals surface area (Å²) in [5.74, 6) is 0.664. The second-order valence-electron chi connectivity index (χ2n) is 8.92. The standard InChI is InChI=1S/C29H31N3O6/c1-35-14-15-36-21-29(34)32-12-10-31(11-13-32)18-25-16-27(33)28(20-37-25)38-19-22-6-8-23(9-7-22)26-5-3-2-4-24(26)17-30/h2-9,16,20H,10-15,18-19,21H2,1H3. The number of hydrogen-bond acceptors (Lipinski definition) is 8. The zero-order valence-electron chi connectivity index (χ0n) is 21.4. The van der Waals surface area contributed by atoms with Gasteiger partial charge in [-0.25, -0.2) is 0 Å². The van der Waals surface area contributed by atoms with Crippen LogP contribution in [0.3, 0.4) is 0 Å². The summed E-state index contributed by atoms with van der Waals surface area (Å²) >= 11 is 0. The van der Waals surface area contributed by atoms with E-state index in [0.717, 1.165) is 16.7 Å². The second-order valence-corrected chi connectivity index (χ2v) is 8.92. The van der Waals surface area contributed by atoms with Crippen LogP contribution < -0.4 is 10.2 Å². The maximum absolute atomic E-state index is 12.6. The molecule has 0 spiro atoms. The van der Waals surface area contributed by atoms with Gasteiger partial charge in [-0.05, 0) is 22.8 Å². The van der Waals surface area contributed by atoms with Crippen molar-refractivity contribution >= 4 is 5.91 Å². The van der Waals surface area contributed by atoms with Crippen molar-refractivity contribution < 1.29 is 23.4 Å². The van der Waals surface area contributed by atoms with E-state index in [-0.39, 0.29) is 30.3 Å². The van der Waals surface area contributed by atoms with E-state index in [9.17, 15) is 14.9 Å². The van der Waals surface area contributed by atoms with E-state index in [1.807, 2.05) is 42.5 Å². The molecule has 9 heteroatoms. The maximum Gasteiger partial charge on any atom is 0.248 e. The minimum absolute atomic E-state index is 0.0320. The summed E-state index contributed by atoms with van der Waals surface area (Å²) in [6, 6.07) is 18.8. The lowest BCUT2D eigenvalue weighted by Gasteiger charge is -2.34. The van der Waals surface area contributed by atoms with Crippen molar-refractivity contribution in [3.63, 3.8) is 0 Å². The fourth-order valence-corrected chi connectivity index (χ4v) is 4.17. The Kier molecular flexibility index (Phi) is 9.65. The first kappa shape index (κ1) is 27.1. The molecule has 2 aromatic carbocycles. The Morgan fingerprint density at radius 1 is 1.05 bits per heavy atom. The van der Waals surface area contributed by atoms with E-state index >= 15 is 0 Å². The lowest BCUT2D eigenvalue weighted by molar-refractivity contribution is -0.138. The summed E-state index contributed by atoms with van der Waals surface area (Å²) in [4.78, 5) is 28.7. The van der Waals surface area contributed by atoms with Crippen LogP contribution in [0, 0.1) is 11.3 Å². The molecule has 9 nitrogen and oxygen atoms in total. The summed E-state index contributed by atoms with van der Waals surface area (Å²) in [7, 11) is 1.59. The highest BCUT2D eigenvalue weighted by Gasteiger charge is 2.22. The number of nitriles is 1. The Hall–Kier alpha value is -3.97. The van der Waals surface area contributed by atoms with Gasteiger partial charge in [-0.15, -0.1) is 0 Å². The first-order chi connectivity index (χ1) is 18.6. The highest BCUT2D eigenvalue weighted by molar-refractivity contribution is 5.77. The van der Waals surface area contributed by atoms with Gasteiger partial charge in [0.1, 0.15) is 25.2 Å². The Morgan fingerprint density at radius 2 is 1.82 bits per heavy atom. The van der Waals surface area contributed by atoms with Crippen LogP contribution in [-0.4, -0.2) is 68.8 Å². The molecule has 1 saturated heterocycles. The van der Waals surface area contributed by atoms with Crippen LogP contribution in [0.4, 0.5) is 0 Å². The molecule has 0 atom stereocenters. The highest BCUT2D eigenvalue weighted by Crippen LogP contribution is 2.24. The molecule has 0 radical (unpaired) electrons. The molecule has 1 amide bonds. The molecule has 3 aromatic rings. The van der Waals surface area contributed by atoms with E-state index in [1.165, 1.54) is 12.3 Å². The minimum Gasteiger partial charge on any atom is -0.482 e. The zero-order valence-corrected chi connectivity index (χ0v) is 21.4. The largest absolute Gasteiger partial charge is 0.482 e. The van der Waals surface area contributed by atoms with Gasteiger partial charge in [-0.1, -0.05) is 42.5 Å². The number of piperazine rings is 1. The molecule has 0 bridgehead atoms. The van der Waals surface area contributed by atoms with Gasteiger partial charge in [-0.2, -0.15) is 5.26 Å². The molecule has 38 heavy (non-hydrogen) atoms. The molecule has 1 aromatic heterocycles. The number of carbonyl (C=O) groups is 1. The molecule has 1 aliphatic rings. The molecule has 0 aliphatic carbocycles. The number of nitrogens with zero attached hydrogens (tertiary/aromatic N) is 3. The van der Waals surface area contributed by atoms with Crippen molar-refractivity contribution in [2.45, 2.75) is 13.2 Å². The lowest BCUT2D eigenvalue weighted by atomic mass is 9.99. The summed E-state index contributed by atoms with van der Waals surface area (Å²) in [5, 5.41) is 9.32. The average molecular weight is 518 g/mol. The van der Waals surface area contributed by atoms with E-state index in [2.05, 4.69) is 11.0 Å². The SMILES string of the molecule is COCCOCC(=O)N1CCN(Cc2cc(=O)c(OCc3ccc(-c4ccccc4C#N)cc3)co2)CC1. The van der Waals surface area contributed by atoms with Crippen LogP contribution in [0.5, 0.6) is 5.75 Å². The third kappa shape index (κ3) is 7.29. The fraction of sp³-hybridized carbons (Fsp3) is 0.345. The number of methoxy groups -OCH3 is 1. The third-order valence-corrected chi connectivity index (χ3v) is 6.32. The van der Waals surface area contributed by atoms with Crippen molar-refractivity contribution in [3.8, 4) is 22.9 Å². The predicted octanol–water partition coefficient (Wildman–Crippen LogP) is 3.06. The van der Waals surface area contributed by atoms with Crippen LogP contribution in [0.1, 0.15) is 16.9 Å². The number of ether oxygens (including phenoxy) is 3. The molecule has 198 valence electrons. The van der Waals surface area contributed by atoms with Gasteiger partial charge in [0.05, 0.1) is 31.4 Å². The summed E-state index contributed by atoms with van der Waals surface area (Å²) in [5.41, 5.74) is 3.08. The number of benzene rings is 2. The monoisotopic (exact) mass is 517 g/mol. The summed E-state index contributed by atoms with van der Waals surface area (Å²) in [6.45, 7) is 4.16. The van der Waals surface area contributed by atoms with Crippen molar-refractivity contribution in [1.82, 2.24) is 9.80 Å². The first-order valence-electron chi connectivity index (χ1n) is 12.5. The van der Waals surface area contributed by atoms with Gasteiger partial charge in [0, 0.05) is 39.4 Å². The van der Waals surface area contributed by atoms with E-state index in [4.69, 9.17) is 18.6 Å². The Bertz CT molecular complexity index is 1310. The highest BCUT2D eigenvalue weighted by atomic mass is 16.5. The van der Waals surface area contributed by atoms with Crippen LogP contribution in [-0.2, 0) is 27.4 Å². The molecule has 0 N–H and O–H groups in total. The minimum atomic E-state index is -0.243. The quantitative estimate of drug-likeness (QED) is 0.358. The number of amides is 1. The van der Waals surface area contributed by atoms with Crippen LogP contribution in [0.15, 0.2) is 70.1 Å². The summed E-state index contributed by atoms with van der Waals surface area (Å²) in [6.07, 6.45) is 1.35. The van der Waals surface area contributed by atoms with Gasteiger partial charge >= 0.3 is 0 Å². The number of rotatable bonds is 11. The smallest absolute Gasteiger partial charge is 0.248 e. The number of carbonyl (C=O) groups excluding carboxylic acids is 1. The molecule has 1 aliphatic heterocycles. The summed E-state index contributed by atoms with van der Waals surface area (Å²) < 4.78 is 21.6. The van der Waals surface area contributed by atoms with E-state index < -0.39 is 0 Å². The fourth-order valence-electron chi connectivity index (χ4n) is 4.17. The van der Waals surface area contributed by atoms with Crippen LogP contribution in [0.25, 0.3) is 11.1 Å². The van der Waals surface area contributed by atoms with Gasteiger partial charge in [0.15, 0.2) is 0 Å². The molecule has 2 heterocycles. The normalized spacial score (nSPS) is 13.7. The molecule has 4 rings (SSSR count). The Labute approximate surface area is 221 Å². The molecular weight excluding hydrogens is 486 g/mol. The van der Waals surface area contributed by atoms with Crippen LogP contribution in [0.2, 0.25) is 0 Å². The van der Waals surface area contributed by atoms with E-state index in [1.54, 1.807) is 18.1 Å². The van der Waals surface area contributed by atoms with Crippen molar-refractivity contribution in [2.24, 2.45) is 0 Å². The Balaban J connectivity index is 1.25. The molecule has 0 saturated carbocycles. The zero-order chi connectivity index (χ0) is 26.7. The lowest BCUT2D eigenvalue weighted by Crippen LogP contribution is -2.49. The van der Waals surface area contributed by atoms with Crippen LogP contribution >= 0.6 is 0 Å². The predicted molar refractivity (Wildman–Crippen MR) is 140 cm³/mol. The average Bonchev–Trinajstić information content (AvgIpc) is 2.95. The molecular formula is C29H31N3O6. The maximum atomic E-state index is 12.6. The Morgan fingerprint density at radius 3 is 2.53 bits per heavy atom. The third-order valence-electron chi connectivity index (χ3n) is 6.32. The van der Waals surface area contributed by atoms with Crippen molar-refractivity contribution in [3.05, 3.63) is 88.0 Å². The first-order valence-corrected chi connectivity index (χ1v) is 12.5. The van der Waals surface area contributed by atoms with Crippen molar-refractivity contribution in [2.75, 3.05) is 53.1 Å². The van der Waals surface area contributed by atoms with Gasteiger partial charge in [0.25, 0.3) is 0 Å². The van der Waals surface area contributed by atoms with E-state index in [0.29, 0.717) is 57.3 Å². The molecule has 0 unspecified atom stereocenters. The second kappa shape index (κ2) is 13.5. The van der Waals surface area contributed by atoms with Gasteiger partial charge in [0.2, 0.25) is 17.1 Å². The van der Waals surface area contributed by atoms with Crippen molar-refractivity contribution in [1.29, 1.82) is 5.26 Å². The van der Waals surface area contributed by atoms with Gasteiger partial charge in [-0.3, -0.25) is 14.5 Å². The number of hydrogen-bond donors (Lipinski definition) is 0. The topological polar surface area (TPSA) is 105 Å².